The van der Waals surface area contributed by atoms with Crippen LogP contribution in [0, 0.1) is 0 Å². The van der Waals surface area contributed by atoms with Crippen molar-refractivity contribution < 1.29 is 0 Å². The molecule has 0 aliphatic carbocycles. The van der Waals surface area contributed by atoms with Crippen LogP contribution in [0.5, 0.6) is 0 Å². The predicted molar refractivity (Wildman–Crippen MR) is 114 cm³/mol. The van der Waals surface area contributed by atoms with E-state index in [1.54, 1.807) is 15.9 Å². The summed E-state index contributed by atoms with van der Waals surface area (Å²) in [7, 11) is 0. The van der Waals surface area contributed by atoms with Crippen LogP contribution < -0.4 is 11.1 Å². The summed E-state index contributed by atoms with van der Waals surface area (Å²) in [5, 5.41) is 7.41. The van der Waals surface area contributed by atoms with E-state index in [4.69, 9.17) is 16.7 Å². The molecule has 1 saturated heterocycles. The van der Waals surface area contributed by atoms with E-state index in [1.165, 1.54) is 10.2 Å². The van der Waals surface area contributed by atoms with Crippen LogP contribution >= 0.6 is 22.9 Å². The SMILES string of the molecule is O=c1c(=O)n2c(nn1Cc1cccs1)[C@]1(CCN(Cc3cccc(Cl)c3)C1)CC2. The molecule has 1 fully saturated rings. The van der Waals surface area contributed by atoms with Gasteiger partial charge in [-0.2, -0.15) is 5.10 Å². The smallest absolute Gasteiger partial charge is 0.298 e. The van der Waals surface area contributed by atoms with Crippen molar-refractivity contribution in [3.05, 3.63) is 83.8 Å². The number of thiophene rings is 1. The Labute approximate surface area is 177 Å². The predicted octanol–water partition coefficient (Wildman–Crippen LogP) is 2.72. The van der Waals surface area contributed by atoms with Crippen molar-refractivity contribution in [2.75, 3.05) is 13.1 Å². The number of fused-ring (bicyclic) bond motifs is 2. The minimum Gasteiger partial charge on any atom is -0.298 e. The van der Waals surface area contributed by atoms with Crippen molar-refractivity contribution in [1.82, 2.24) is 19.2 Å². The molecule has 4 heterocycles. The second-order valence-corrected chi connectivity index (χ2v) is 9.41. The summed E-state index contributed by atoms with van der Waals surface area (Å²) in [4.78, 5) is 28.7. The first kappa shape index (κ1) is 18.8. The molecule has 150 valence electrons. The Morgan fingerprint density at radius 2 is 1.93 bits per heavy atom. The van der Waals surface area contributed by atoms with Crippen LogP contribution in [0.25, 0.3) is 0 Å². The summed E-state index contributed by atoms with van der Waals surface area (Å²) in [5.41, 5.74) is 0.0353. The normalized spacial score (nSPS) is 21.1. The molecular formula is C21H21ClN4O2S. The van der Waals surface area contributed by atoms with Gasteiger partial charge in [0.05, 0.1) is 6.54 Å². The average molecular weight is 429 g/mol. The van der Waals surface area contributed by atoms with Gasteiger partial charge in [0, 0.05) is 34.9 Å². The van der Waals surface area contributed by atoms with Crippen molar-refractivity contribution in [2.45, 2.75) is 37.9 Å². The number of aromatic nitrogens is 3. The Hall–Kier alpha value is -2.22. The zero-order chi connectivity index (χ0) is 20.0. The highest BCUT2D eigenvalue weighted by Crippen LogP contribution is 2.40. The van der Waals surface area contributed by atoms with Gasteiger partial charge in [-0.1, -0.05) is 29.8 Å². The van der Waals surface area contributed by atoms with Crippen molar-refractivity contribution >= 4 is 22.9 Å². The third-order valence-corrected chi connectivity index (χ3v) is 7.13. The Morgan fingerprint density at radius 3 is 2.72 bits per heavy atom. The van der Waals surface area contributed by atoms with Crippen molar-refractivity contribution in [1.29, 1.82) is 0 Å². The lowest BCUT2D eigenvalue weighted by atomic mass is 9.85. The van der Waals surface area contributed by atoms with Gasteiger partial charge in [-0.25, -0.2) is 4.68 Å². The van der Waals surface area contributed by atoms with Crippen molar-refractivity contribution in [2.24, 2.45) is 0 Å². The summed E-state index contributed by atoms with van der Waals surface area (Å²) in [6.45, 7) is 3.51. The number of likely N-dealkylation sites (tertiary alicyclic amines) is 1. The van der Waals surface area contributed by atoms with E-state index in [0.29, 0.717) is 13.1 Å². The molecule has 6 nitrogen and oxygen atoms in total. The number of rotatable bonds is 4. The lowest BCUT2D eigenvalue weighted by molar-refractivity contribution is 0.298. The summed E-state index contributed by atoms with van der Waals surface area (Å²) in [6.07, 6.45) is 1.79. The van der Waals surface area contributed by atoms with E-state index in [-0.39, 0.29) is 5.41 Å². The van der Waals surface area contributed by atoms with Gasteiger partial charge in [0.15, 0.2) is 0 Å². The standard InChI is InChI=1S/C21H21ClN4O2S/c22-16-4-1-3-15(11-16)12-24-8-6-21(14-24)7-9-25-18(27)19(28)26(23-20(21)25)13-17-5-2-10-29-17/h1-5,10-11H,6-9,12-14H2/t21-/m1/s1. The molecule has 0 saturated carbocycles. The minimum atomic E-state index is -0.534. The molecule has 2 aliphatic rings. The Morgan fingerprint density at radius 1 is 1.07 bits per heavy atom. The van der Waals surface area contributed by atoms with Crippen LogP contribution in [-0.4, -0.2) is 32.3 Å². The zero-order valence-electron chi connectivity index (χ0n) is 15.9. The lowest BCUT2D eigenvalue weighted by Crippen LogP contribution is -2.45. The van der Waals surface area contributed by atoms with Crippen molar-refractivity contribution in [3.63, 3.8) is 0 Å². The largest absolute Gasteiger partial charge is 0.332 e. The number of hydrogen-bond acceptors (Lipinski definition) is 5. The summed E-state index contributed by atoms with van der Waals surface area (Å²) in [6, 6.07) is 11.8. The Kier molecular flexibility index (Phi) is 4.69. The first-order chi connectivity index (χ1) is 14.0. The van der Waals surface area contributed by atoms with E-state index >= 15 is 0 Å². The molecular weight excluding hydrogens is 408 g/mol. The summed E-state index contributed by atoms with van der Waals surface area (Å²) >= 11 is 7.69. The van der Waals surface area contributed by atoms with Gasteiger partial charge in [-0.15, -0.1) is 11.3 Å². The molecule has 2 aromatic heterocycles. The third-order valence-electron chi connectivity index (χ3n) is 6.04. The topological polar surface area (TPSA) is 60.1 Å². The Bertz CT molecular complexity index is 1170. The Balaban J connectivity index is 1.45. The first-order valence-electron chi connectivity index (χ1n) is 9.76. The van der Waals surface area contributed by atoms with Crippen LogP contribution in [0.3, 0.4) is 0 Å². The van der Waals surface area contributed by atoms with E-state index in [2.05, 4.69) is 11.0 Å². The fraction of sp³-hybridized carbons (Fsp3) is 0.381. The molecule has 1 spiro atoms. The number of hydrogen-bond donors (Lipinski definition) is 0. The average Bonchev–Trinajstić information content (AvgIpc) is 3.42. The van der Waals surface area contributed by atoms with E-state index in [0.717, 1.165) is 48.2 Å². The van der Waals surface area contributed by atoms with E-state index in [1.807, 2.05) is 35.7 Å². The number of nitrogens with zero attached hydrogens (tertiary/aromatic N) is 4. The molecule has 0 radical (unpaired) electrons. The number of halogens is 1. The summed E-state index contributed by atoms with van der Waals surface area (Å²) < 4.78 is 2.96. The maximum atomic E-state index is 12.7. The fourth-order valence-electron chi connectivity index (χ4n) is 4.60. The highest BCUT2D eigenvalue weighted by Gasteiger charge is 2.47. The van der Waals surface area contributed by atoms with Gasteiger partial charge in [0.2, 0.25) is 0 Å². The molecule has 1 atom stereocenters. The fourth-order valence-corrected chi connectivity index (χ4v) is 5.50. The highest BCUT2D eigenvalue weighted by molar-refractivity contribution is 7.09. The second kappa shape index (κ2) is 7.23. The zero-order valence-corrected chi connectivity index (χ0v) is 17.5. The van der Waals surface area contributed by atoms with Gasteiger partial charge in [0.1, 0.15) is 5.82 Å². The molecule has 1 aromatic carbocycles. The van der Waals surface area contributed by atoms with Crippen LogP contribution in [0.2, 0.25) is 5.02 Å². The monoisotopic (exact) mass is 428 g/mol. The molecule has 0 N–H and O–H groups in total. The molecule has 0 bridgehead atoms. The highest BCUT2D eigenvalue weighted by atomic mass is 35.5. The molecule has 29 heavy (non-hydrogen) atoms. The third kappa shape index (κ3) is 3.37. The maximum Gasteiger partial charge on any atom is 0.332 e. The lowest BCUT2D eigenvalue weighted by Gasteiger charge is -2.24. The molecule has 3 aromatic rings. The van der Waals surface area contributed by atoms with Crippen LogP contribution in [0.1, 0.15) is 29.1 Å². The van der Waals surface area contributed by atoms with Gasteiger partial charge in [-0.3, -0.25) is 19.1 Å². The first-order valence-corrected chi connectivity index (χ1v) is 11.0. The number of benzene rings is 1. The second-order valence-electron chi connectivity index (χ2n) is 7.94. The maximum absolute atomic E-state index is 12.7. The molecule has 2 aliphatic heterocycles. The van der Waals surface area contributed by atoms with Crippen LogP contribution in [0.15, 0.2) is 51.4 Å². The van der Waals surface area contributed by atoms with Gasteiger partial charge in [0.25, 0.3) is 0 Å². The van der Waals surface area contributed by atoms with Crippen LogP contribution in [0.4, 0.5) is 0 Å². The van der Waals surface area contributed by atoms with E-state index in [9.17, 15) is 9.59 Å². The van der Waals surface area contributed by atoms with Gasteiger partial charge >= 0.3 is 11.1 Å². The van der Waals surface area contributed by atoms with E-state index < -0.39 is 11.1 Å². The summed E-state index contributed by atoms with van der Waals surface area (Å²) in [5.74, 6) is 0.771. The van der Waals surface area contributed by atoms with Crippen LogP contribution in [-0.2, 0) is 25.0 Å². The van der Waals surface area contributed by atoms with Gasteiger partial charge in [-0.05, 0) is 48.5 Å². The molecule has 8 heteroatoms. The van der Waals surface area contributed by atoms with Crippen molar-refractivity contribution in [3.8, 4) is 0 Å². The molecule has 5 rings (SSSR count). The minimum absolute atomic E-state index is 0.164. The van der Waals surface area contributed by atoms with Gasteiger partial charge < -0.3 is 0 Å². The quantitative estimate of drug-likeness (QED) is 0.599. The molecule has 0 unspecified atom stereocenters. The molecule has 0 amide bonds.